The Morgan fingerprint density at radius 1 is 1.06 bits per heavy atom. The number of anilines is 3. The van der Waals surface area contributed by atoms with E-state index in [1.165, 1.54) is 31.5 Å². The first-order valence-electron chi connectivity index (χ1n) is 10.3. The molecule has 3 N–H and O–H groups in total. The highest BCUT2D eigenvalue weighted by molar-refractivity contribution is 7.92. The summed E-state index contributed by atoms with van der Waals surface area (Å²) in [5.74, 6) is 0.299. The number of para-hydroxylation sites is 2. The lowest BCUT2D eigenvalue weighted by molar-refractivity contribution is 0.102. The highest BCUT2D eigenvalue weighted by Gasteiger charge is 2.19. The first-order valence-corrected chi connectivity index (χ1v) is 11.8. The van der Waals surface area contributed by atoms with E-state index in [1.807, 2.05) is 18.7 Å². The number of rotatable bonds is 9. The fourth-order valence-electron chi connectivity index (χ4n) is 3.16. The zero-order valence-corrected chi connectivity index (χ0v) is 19.4. The molecule has 0 bridgehead atoms. The average molecular weight is 471 g/mol. The Balaban J connectivity index is 1.82. The van der Waals surface area contributed by atoms with Gasteiger partial charge in [0.05, 0.1) is 28.9 Å². The van der Waals surface area contributed by atoms with Gasteiger partial charge in [0.25, 0.3) is 15.9 Å². The molecular formula is C23H26N4O5S. The molecule has 0 unspecified atom stereocenters. The van der Waals surface area contributed by atoms with E-state index >= 15 is 0 Å². The Bertz CT molecular complexity index is 1230. The van der Waals surface area contributed by atoms with Crippen LogP contribution in [-0.4, -0.2) is 44.6 Å². The monoisotopic (exact) mass is 470 g/mol. The predicted molar refractivity (Wildman–Crippen MR) is 128 cm³/mol. The van der Waals surface area contributed by atoms with E-state index in [-0.39, 0.29) is 27.6 Å². The van der Waals surface area contributed by atoms with Crippen molar-refractivity contribution < 1.29 is 23.1 Å². The molecule has 0 radical (unpaired) electrons. The van der Waals surface area contributed by atoms with Crippen molar-refractivity contribution in [3.63, 3.8) is 0 Å². The Morgan fingerprint density at radius 3 is 2.42 bits per heavy atom. The normalized spacial score (nSPS) is 11.0. The fraction of sp³-hybridized carbons (Fsp3) is 0.217. The molecule has 0 aliphatic carbocycles. The number of hydrogen-bond acceptors (Lipinski definition) is 7. The van der Waals surface area contributed by atoms with Crippen LogP contribution in [0.15, 0.2) is 65.7 Å². The molecule has 0 atom stereocenters. The second-order valence-electron chi connectivity index (χ2n) is 7.02. The van der Waals surface area contributed by atoms with Crippen LogP contribution in [0.3, 0.4) is 0 Å². The van der Waals surface area contributed by atoms with Crippen LogP contribution in [0.5, 0.6) is 11.5 Å². The summed E-state index contributed by atoms with van der Waals surface area (Å²) in [6, 6.07) is 13.6. The maximum atomic E-state index is 12.9. The number of nitrogens with zero attached hydrogens (tertiary/aromatic N) is 2. The zero-order chi connectivity index (χ0) is 24.0. The quantitative estimate of drug-likeness (QED) is 0.408. The van der Waals surface area contributed by atoms with E-state index < -0.39 is 15.9 Å². The second-order valence-corrected chi connectivity index (χ2v) is 8.70. The van der Waals surface area contributed by atoms with Gasteiger partial charge in [0.15, 0.2) is 0 Å². The predicted octanol–water partition coefficient (Wildman–Crippen LogP) is 3.70. The molecule has 9 nitrogen and oxygen atoms in total. The van der Waals surface area contributed by atoms with Crippen LogP contribution in [0, 0.1) is 0 Å². The number of hydrogen-bond donors (Lipinski definition) is 3. The van der Waals surface area contributed by atoms with Crippen LogP contribution >= 0.6 is 0 Å². The number of aromatic nitrogens is 1. The highest BCUT2D eigenvalue weighted by atomic mass is 32.2. The minimum Gasteiger partial charge on any atom is -0.506 e. The van der Waals surface area contributed by atoms with Gasteiger partial charge in [-0.25, -0.2) is 13.4 Å². The number of benzene rings is 2. The SMILES string of the molecule is CCN(CC)c1ccc(C(=O)Nc2cc(S(=O)(=O)Nc3ccccc3OC)ccc2O)cn1. The van der Waals surface area contributed by atoms with Crippen LogP contribution in [-0.2, 0) is 10.0 Å². The molecule has 0 saturated carbocycles. The van der Waals surface area contributed by atoms with Gasteiger partial charge in [0.1, 0.15) is 17.3 Å². The van der Waals surface area contributed by atoms with Crippen LogP contribution in [0.1, 0.15) is 24.2 Å². The number of methoxy groups -OCH3 is 1. The van der Waals surface area contributed by atoms with Crippen molar-refractivity contribution in [3.05, 3.63) is 66.4 Å². The van der Waals surface area contributed by atoms with E-state index in [2.05, 4.69) is 15.0 Å². The van der Waals surface area contributed by atoms with Gasteiger partial charge >= 0.3 is 0 Å². The topological polar surface area (TPSA) is 121 Å². The largest absolute Gasteiger partial charge is 0.506 e. The first-order chi connectivity index (χ1) is 15.8. The third-order valence-corrected chi connectivity index (χ3v) is 6.34. The molecule has 1 amide bonds. The average Bonchev–Trinajstić information content (AvgIpc) is 2.81. The summed E-state index contributed by atoms with van der Waals surface area (Å²) in [4.78, 5) is 18.9. The van der Waals surface area contributed by atoms with E-state index in [0.29, 0.717) is 5.75 Å². The summed E-state index contributed by atoms with van der Waals surface area (Å²) in [5.41, 5.74) is 0.486. The highest BCUT2D eigenvalue weighted by Crippen LogP contribution is 2.30. The maximum Gasteiger partial charge on any atom is 0.262 e. The molecule has 0 aliphatic heterocycles. The van der Waals surface area contributed by atoms with E-state index in [1.54, 1.807) is 36.4 Å². The number of ether oxygens (including phenoxy) is 1. The van der Waals surface area contributed by atoms with Crippen LogP contribution in [0.4, 0.5) is 17.2 Å². The van der Waals surface area contributed by atoms with Crippen molar-refractivity contribution in [1.82, 2.24) is 4.98 Å². The van der Waals surface area contributed by atoms with Crippen molar-refractivity contribution in [1.29, 1.82) is 0 Å². The van der Waals surface area contributed by atoms with Gasteiger partial charge in [-0.05, 0) is 56.3 Å². The molecule has 2 aromatic carbocycles. The van der Waals surface area contributed by atoms with Gasteiger partial charge in [-0.15, -0.1) is 0 Å². The summed E-state index contributed by atoms with van der Waals surface area (Å²) < 4.78 is 33.4. The van der Waals surface area contributed by atoms with Crippen molar-refractivity contribution >= 4 is 33.1 Å². The van der Waals surface area contributed by atoms with Gasteiger partial charge in [-0.1, -0.05) is 12.1 Å². The lowest BCUT2D eigenvalue weighted by Gasteiger charge is -2.19. The number of phenolic OH excluding ortho intramolecular Hbond substituents is 1. The Hall–Kier alpha value is -3.79. The molecule has 0 spiro atoms. The van der Waals surface area contributed by atoms with E-state index in [0.717, 1.165) is 18.9 Å². The van der Waals surface area contributed by atoms with Crippen LogP contribution in [0.2, 0.25) is 0 Å². The zero-order valence-electron chi connectivity index (χ0n) is 18.6. The molecule has 1 heterocycles. The minimum absolute atomic E-state index is 0.0456. The standard InChI is InChI=1S/C23H26N4O5S/c1-4-27(5-2)22-13-10-16(15-24-22)23(29)25-19-14-17(11-12-20(19)28)33(30,31)26-18-8-6-7-9-21(18)32-3/h6-15,26,28H,4-5H2,1-3H3,(H,25,29). The number of aromatic hydroxyl groups is 1. The van der Waals surface area contributed by atoms with Crippen molar-refractivity contribution in [3.8, 4) is 11.5 Å². The van der Waals surface area contributed by atoms with E-state index in [9.17, 15) is 18.3 Å². The molecule has 0 fully saturated rings. The molecule has 10 heteroatoms. The summed E-state index contributed by atoms with van der Waals surface area (Å²) in [6.45, 7) is 5.59. The van der Waals surface area contributed by atoms with Crippen LogP contribution < -0.4 is 19.7 Å². The third-order valence-electron chi connectivity index (χ3n) is 4.98. The molecule has 33 heavy (non-hydrogen) atoms. The molecule has 0 saturated heterocycles. The molecule has 1 aromatic heterocycles. The van der Waals surface area contributed by atoms with Gasteiger partial charge in [-0.3, -0.25) is 9.52 Å². The molecule has 3 aromatic rings. The first kappa shape index (κ1) is 23.9. The summed E-state index contributed by atoms with van der Waals surface area (Å²) in [6.07, 6.45) is 1.43. The number of pyridine rings is 1. The smallest absolute Gasteiger partial charge is 0.262 e. The van der Waals surface area contributed by atoms with Gasteiger partial charge in [-0.2, -0.15) is 0 Å². The summed E-state index contributed by atoms with van der Waals surface area (Å²) >= 11 is 0. The van der Waals surface area contributed by atoms with Crippen molar-refractivity contribution in [2.24, 2.45) is 0 Å². The lowest BCUT2D eigenvalue weighted by atomic mass is 10.2. The van der Waals surface area contributed by atoms with Crippen LogP contribution in [0.25, 0.3) is 0 Å². The summed E-state index contributed by atoms with van der Waals surface area (Å²) in [7, 11) is -2.58. The number of amides is 1. The molecular weight excluding hydrogens is 444 g/mol. The fourth-order valence-corrected chi connectivity index (χ4v) is 4.26. The molecule has 174 valence electrons. The Labute approximate surface area is 193 Å². The minimum atomic E-state index is -4.02. The van der Waals surface area contributed by atoms with Gasteiger partial charge < -0.3 is 20.1 Å². The lowest BCUT2D eigenvalue weighted by Crippen LogP contribution is -2.23. The van der Waals surface area contributed by atoms with E-state index in [4.69, 9.17) is 4.74 Å². The summed E-state index contributed by atoms with van der Waals surface area (Å²) in [5, 5.41) is 12.7. The number of carbonyl (C=O) groups is 1. The number of sulfonamides is 1. The Morgan fingerprint density at radius 2 is 1.79 bits per heavy atom. The molecule has 0 aliphatic rings. The van der Waals surface area contributed by atoms with Crippen molar-refractivity contribution in [2.45, 2.75) is 18.7 Å². The number of carbonyl (C=O) groups excluding carboxylic acids is 1. The van der Waals surface area contributed by atoms with Gasteiger partial charge in [0.2, 0.25) is 0 Å². The second kappa shape index (κ2) is 10.2. The maximum absolute atomic E-state index is 12.9. The number of nitrogens with one attached hydrogen (secondary N) is 2. The van der Waals surface area contributed by atoms with Gasteiger partial charge in [0, 0.05) is 19.3 Å². The number of phenols is 1. The molecule has 3 rings (SSSR count). The third kappa shape index (κ3) is 5.53. The Kier molecular flexibility index (Phi) is 7.39. The van der Waals surface area contributed by atoms with Crippen molar-refractivity contribution in [2.75, 3.05) is 35.1 Å².